The molecule has 0 spiro atoms. The van der Waals surface area contributed by atoms with Gasteiger partial charge in [-0.15, -0.1) is 0 Å². The zero-order valence-electron chi connectivity index (χ0n) is 14.7. The van der Waals surface area contributed by atoms with E-state index in [0.29, 0.717) is 0 Å². The molecule has 1 amide bonds. The summed E-state index contributed by atoms with van der Waals surface area (Å²) in [6.07, 6.45) is 3.70. The molecule has 1 heterocycles. The van der Waals surface area contributed by atoms with Crippen LogP contribution in [0.2, 0.25) is 0 Å². The largest absolute Gasteiger partial charge is 0.444 e. The van der Waals surface area contributed by atoms with Crippen LogP contribution >= 0.6 is 0 Å². The molecule has 0 N–H and O–H groups in total. The van der Waals surface area contributed by atoms with Crippen LogP contribution in [-0.4, -0.2) is 29.7 Å². The first kappa shape index (κ1) is 17.8. The minimum absolute atomic E-state index is 0.191. The predicted molar refractivity (Wildman–Crippen MR) is 89.9 cm³/mol. The number of nitrogens with zero attached hydrogens (tertiary/aromatic N) is 1. The standard InChI is InChI=1S/C19H28FNO2/c1-5-19(14-15-6-8-16(20)9-7-15)10-12-21(13-11-19)17(22)23-18(2,3)4/h6-9H,5,10-14H2,1-4H3. The zero-order chi connectivity index (χ0) is 17.1. The van der Waals surface area contributed by atoms with E-state index >= 15 is 0 Å². The maximum absolute atomic E-state index is 13.1. The highest BCUT2D eigenvalue weighted by molar-refractivity contribution is 5.68. The lowest BCUT2D eigenvalue weighted by molar-refractivity contribution is 0.00944. The van der Waals surface area contributed by atoms with Gasteiger partial charge in [-0.2, -0.15) is 0 Å². The molecule has 128 valence electrons. The SMILES string of the molecule is CCC1(Cc2ccc(F)cc2)CCN(C(=O)OC(C)(C)C)CC1. The van der Waals surface area contributed by atoms with Gasteiger partial charge < -0.3 is 9.64 Å². The maximum atomic E-state index is 13.1. The predicted octanol–water partition coefficient (Wildman–Crippen LogP) is 4.80. The molecule has 0 atom stereocenters. The molecule has 2 rings (SSSR count). The number of ether oxygens (including phenoxy) is 1. The summed E-state index contributed by atoms with van der Waals surface area (Å²) in [5, 5.41) is 0. The number of halogens is 1. The normalized spacial score (nSPS) is 17.9. The van der Waals surface area contributed by atoms with Crippen LogP contribution in [0, 0.1) is 11.2 Å². The number of piperidine rings is 1. The molecule has 3 nitrogen and oxygen atoms in total. The van der Waals surface area contributed by atoms with Crippen LogP contribution in [-0.2, 0) is 11.2 Å². The Morgan fingerprint density at radius 1 is 1.22 bits per heavy atom. The smallest absolute Gasteiger partial charge is 0.410 e. The average Bonchev–Trinajstić information content (AvgIpc) is 2.48. The number of rotatable bonds is 3. The van der Waals surface area contributed by atoms with E-state index < -0.39 is 5.60 Å². The van der Waals surface area contributed by atoms with E-state index in [-0.39, 0.29) is 17.3 Å². The number of hydrogen-bond donors (Lipinski definition) is 0. The van der Waals surface area contributed by atoms with Crippen LogP contribution in [0.15, 0.2) is 24.3 Å². The van der Waals surface area contributed by atoms with E-state index in [4.69, 9.17) is 4.74 Å². The second-order valence-corrected chi connectivity index (χ2v) is 7.62. The summed E-state index contributed by atoms with van der Waals surface area (Å²) in [4.78, 5) is 14.0. The first-order chi connectivity index (χ1) is 10.7. The van der Waals surface area contributed by atoms with Gasteiger partial charge in [0, 0.05) is 13.1 Å². The summed E-state index contributed by atoms with van der Waals surface area (Å²) in [5.74, 6) is -0.195. The Kier molecular flexibility index (Phi) is 5.33. The fourth-order valence-corrected chi connectivity index (χ4v) is 3.18. The molecule has 1 aliphatic heterocycles. The third-order valence-corrected chi connectivity index (χ3v) is 4.72. The number of hydrogen-bond acceptors (Lipinski definition) is 2. The first-order valence-electron chi connectivity index (χ1n) is 8.45. The lowest BCUT2D eigenvalue weighted by Gasteiger charge is -2.41. The highest BCUT2D eigenvalue weighted by atomic mass is 19.1. The van der Waals surface area contributed by atoms with Gasteiger partial charge in [-0.05, 0) is 63.1 Å². The highest BCUT2D eigenvalue weighted by Crippen LogP contribution is 2.38. The first-order valence-corrected chi connectivity index (χ1v) is 8.45. The van der Waals surface area contributed by atoms with E-state index in [1.807, 2.05) is 37.8 Å². The zero-order valence-corrected chi connectivity index (χ0v) is 14.7. The number of carbonyl (C=O) groups is 1. The number of amides is 1. The second-order valence-electron chi connectivity index (χ2n) is 7.62. The van der Waals surface area contributed by atoms with Gasteiger partial charge in [-0.3, -0.25) is 0 Å². The van der Waals surface area contributed by atoms with Crippen LogP contribution in [0.5, 0.6) is 0 Å². The van der Waals surface area contributed by atoms with Crippen molar-refractivity contribution in [2.75, 3.05) is 13.1 Å². The van der Waals surface area contributed by atoms with Crippen LogP contribution in [0.4, 0.5) is 9.18 Å². The minimum Gasteiger partial charge on any atom is -0.444 e. The Morgan fingerprint density at radius 3 is 2.26 bits per heavy atom. The molecule has 0 unspecified atom stereocenters. The fraction of sp³-hybridized carbons (Fsp3) is 0.632. The van der Waals surface area contributed by atoms with Crippen molar-refractivity contribution < 1.29 is 13.9 Å². The van der Waals surface area contributed by atoms with E-state index in [9.17, 15) is 9.18 Å². The minimum atomic E-state index is -0.454. The Morgan fingerprint density at radius 2 is 1.78 bits per heavy atom. The van der Waals surface area contributed by atoms with Gasteiger partial charge >= 0.3 is 6.09 Å². The summed E-state index contributed by atoms with van der Waals surface area (Å²) >= 11 is 0. The van der Waals surface area contributed by atoms with Gasteiger partial charge in [0.1, 0.15) is 11.4 Å². The van der Waals surface area contributed by atoms with E-state index in [1.54, 1.807) is 0 Å². The third-order valence-electron chi connectivity index (χ3n) is 4.72. The Hall–Kier alpha value is -1.58. The van der Waals surface area contributed by atoms with Crippen molar-refractivity contribution >= 4 is 6.09 Å². The van der Waals surface area contributed by atoms with Crippen LogP contribution in [0.25, 0.3) is 0 Å². The van der Waals surface area contributed by atoms with E-state index in [2.05, 4.69) is 6.92 Å². The molecular formula is C19H28FNO2. The van der Waals surface area contributed by atoms with E-state index in [0.717, 1.165) is 38.8 Å². The Balaban J connectivity index is 1.96. The number of carbonyl (C=O) groups excluding carboxylic acids is 1. The lowest BCUT2D eigenvalue weighted by Crippen LogP contribution is -2.45. The number of benzene rings is 1. The molecule has 0 aromatic heterocycles. The van der Waals surface area contributed by atoms with Crippen molar-refractivity contribution in [2.45, 2.75) is 59.0 Å². The Bertz CT molecular complexity index is 525. The Labute approximate surface area is 138 Å². The average molecular weight is 321 g/mol. The molecule has 0 saturated carbocycles. The van der Waals surface area contributed by atoms with Crippen molar-refractivity contribution in [1.29, 1.82) is 0 Å². The second kappa shape index (κ2) is 6.90. The van der Waals surface area contributed by atoms with Gasteiger partial charge in [0.2, 0.25) is 0 Å². The summed E-state index contributed by atoms with van der Waals surface area (Å²) < 4.78 is 18.5. The molecule has 23 heavy (non-hydrogen) atoms. The summed E-state index contributed by atoms with van der Waals surface area (Å²) in [6.45, 7) is 9.32. The van der Waals surface area contributed by atoms with Crippen molar-refractivity contribution in [3.8, 4) is 0 Å². The highest BCUT2D eigenvalue weighted by Gasteiger charge is 2.35. The van der Waals surface area contributed by atoms with Crippen molar-refractivity contribution in [3.05, 3.63) is 35.6 Å². The van der Waals surface area contributed by atoms with Crippen molar-refractivity contribution in [3.63, 3.8) is 0 Å². The van der Waals surface area contributed by atoms with Crippen LogP contribution in [0.3, 0.4) is 0 Å². The van der Waals surface area contributed by atoms with Gasteiger partial charge in [-0.1, -0.05) is 25.5 Å². The van der Waals surface area contributed by atoms with Crippen molar-refractivity contribution in [2.24, 2.45) is 5.41 Å². The van der Waals surface area contributed by atoms with Gasteiger partial charge in [0.15, 0.2) is 0 Å². The van der Waals surface area contributed by atoms with Gasteiger partial charge in [0.25, 0.3) is 0 Å². The maximum Gasteiger partial charge on any atom is 0.410 e. The molecule has 1 aromatic carbocycles. The molecule has 0 radical (unpaired) electrons. The molecule has 0 bridgehead atoms. The topological polar surface area (TPSA) is 29.5 Å². The molecule has 1 saturated heterocycles. The number of likely N-dealkylation sites (tertiary alicyclic amines) is 1. The molecule has 1 aromatic rings. The van der Waals surface area contributed by atoms with E-state index in [1.165, 1.54) is 17.7 Å². The van der Waals surface area contributed by atoms with Crippen LogP contribution < -0.4 is 0 Å². The molecule has 1 aliphatic rings. The molecule has 1 fully saturated rings. The fourth-order valence-electron chi connectivity index (χ4n) is 3.18. The quantitative estimate of drug-likeness (QED) is 0.800. The summed E-state index contributed by atoms with van der Waals surface area (Å²) in [5.41, 5.74) is 0.903. The monoisotopic (exact) mass is 321 g/mol. The van der Waals surface area contributed by atoms with Crippen molar-refractivity contribution in [1.82, 2.24) is 4.90 Å². The van der Waals surface area contributed by atoms with Gasteiger partial charge in [0.05, 0.1) is 0 Å². The molecular weight excluding hydrogens is 293 g/mol. The van der Waals surface area contributed by atoms with Crippen LogP contribution in [0.1, 0.15) is 52.5 Å². The summed E-state index contributed by atoms with van der Waals surface area (Å²) in [6, 6.07) is 6.78. The third kappa shape index (κ3) is 4.95. The molecule has 0 aliphatic carbocycles. The molecule has 4 heteroatoms. The lowest BCUT2D eigenvalue weighted by atomic mass is 9.72. The summed E-state index contributed by atoms with van der Waals surface area (Å²) in [7, 11) is 0. The van der Waals surface area contributed by atoms with Gasteiger partial charge in [-0.25, -0.2) is 9.18 Å².